The van der Waals surface area contributed by atoms with Crippen LogP contribution >= 0.6 is 11.3 Å². The summed E-state index contributed by atoms with van der Waals surface area (Å²) in [5.74, 6) is -2.31. The van der Waals surface area contributed by atoms with Crippen LogP contribution in [0.5, 0.6) is 0 Å². The fourth-order valence-corrected chi connectivity index (χ4v) is 5.97. The van der Waals surface area contributed by atoms with Crippen LogP contribution in [0, 0.1) is 12.8 Å². The Bertz CT molecular complexity index is 1760. The molecule has 1 fully saturated rings. The van der Waals surface area contributed by atoms with Crippen molar-refractivity contribution in [2.75, 3.05) is 23.7 Å². The van der Waals surface area contributed by atoms with Crippen LogP contribution in [0.1, 0.15) is 32.3 Å². The van der Waals surface area contributed by atoms with Crippen LogP contribution in [0.2, 0.25) is 0 Å². The number of anilines is 3. The highest BCUT2D eigenvalue weighted by atomic mass is 32.1. The largest absolute Gasteiger partial charge is 0.481 e. The normalized spacial score (nSPS) is 16.5. The summed E-state index contributed by atoms with van der Waals surface area (Å²) in [5, 5.41) is 17.8. The average Bonchev–Trinajstić information content (AvgIpc) is 3.74. The molecule has 1 saturated heterocycles. The fraction of sp³-hybridized carbons (Fsp3) is 0.188. The zero-order chi connectivity index (χ0) is 29.2. The van der Waals surface area contributed by atoms with Gasteiger partial charge in [-0.25, -0.2) is 0 Å². The molecule has 3 aromatic carbocycles. The first-order chi connectivity index (χ1) is 20.3. The molecule has 2 amide bonds. The van der Waals surface area contributed by atoms with Crippen molar-refractivity contribution in [3.8, 4) is 0 Å². The smallest absolute Gasteiger partial charge is 0.308 e. The number of rotatable bonds is 8. The van der Waals surface area contributed by atoms with Gasteiger partial charge in [0.2, 0.25) is 5.91 Å². The van der Waals surface area contributed by atoms with Gasteiger partial charge in [-0.2, -0.15) is 4.98 Å². The predicted octanol–water partition coefficient (Wildman–Crippen LogP) is 6.06. The first kappa shape index (κ1) is 27.2. The summed E-state index contributed by atoms with van der Waals surface area (Å²) in [6.07, 6.45) is 0.141. The third-order valence-corrected chi connectivity index (χ3v) is 8.34. The monoisotopic (exact) mass is 580 g/mol. The Kier molecular flexibility index (Phi) is 7.45. The topological polar surface area (TPSA) is 125 Å². The number of nitrogens with one attached hydrogen (secondary N) is 2. The zero-order valence-electron chi connectivity index (χ0n) is 22.7. The van der Waals surface area contributed by atoms with E-state index in [4.69, 9.17) is 4.42 Å². The van der Waals surface area contributed by atoms with Gasteiger partial charge in [-0.1, -0.05) is 42.5 Å². The second-order valence-electron chi connectivity index (χ2n) is 10.3. The minimum atomic E-state index is -0.930. The summed E-state index contributed by atoms with van der Waals surface area (Å²) in [4.78, 5) is 44.3. The van der Waals surface area contributed by atoms with Gasteiger partial charge < -0.3 is 25.1 Å². The van der Waals surface area contributed by atoms with Gasteiger partial charge in [0.1, 0.15) is 5.52 Å². The Hall–Kier alpha value is -4.96. The van der Waals surface area contributed by atoms with E-state index in [0.717, 1.165) is 22.4 Å². The molecule has 0 spiro atoms. The number of amides is 2. The number of benzene rings is 3. The van der Waals surface area contributed by atoms with Crippen LogP contribution < -0.4 is 10.6 Å². The fourth-order valence-electron chi connectivity index (χ4n) is 5.28. The van der Waals surface area contributed by atoms with E-state index in [1.54, 1.807) is 29.2 Å². The van der Waals surface area contributed by atoms with E-state index in [1.807, 2.05) is 66.9 Å². The van der Waals surface area contributed by atoms with E-state index in [1.165, 1.54) is 11.3 Å². The molecule has 1 aliphatic heterocycles. The first-order valence-corrected chi connectivity index (χ1v) is 14.4. The lowest BCUT2D eigenvalue weighted by molar-refractivity contribution is -0.141. The molecule has 3 N–H and O–H groups in total. The van der Waals surface area contributed by atoms with E-state index in [0.29, 0.717) is 34.2 Å². The van der Waals surface area contributed by atoms with Gasteiger partial charge in [-0.05, 0) is 65.4 Å². The molecule has 3 heterocycles. The number of fused-ring (bicyclic) bond motifs is 1. The number of carbonyl (C=O) groups excluding carboxylic acids is 2. The van der Waals surface area contributed by atoms with Gasteiger partial charge >= 0.3 is 5.97 Å². The molecule has 2 aromatic heterocycles. The number of aliphatic carboxylic acids is 1. The number of likely N-dealkylation sites (tertiary alicyclic amines) is 1. The Morgan fingerprint density at radius 2 is 1.83 bits per heavy atom. The molecule has 2 atom stereocenters. The number of hydrogen-bond donors (Lipinski definition) is 3. The molecule has 212 valence electrons. The highest BCUT2D eigenvalue weighted by Crippen LogP contribution is 2.35. The third kappa shape index (κ3) is 5.75. The van der Waals surface area contributed by atoms with Crippen molar-refractivity contribution in [3.05, 3.63) is 106 Å². The minimum absolute atomic E-state index is 0.141. The van der Waals surface area contributed by atoms with Crippen molar-refractivity contribution >= 4 is 57.6 Å². The van der Waals surface area contributed by atoms with Gasteiger partial charge in [0.15, 0.2) is 5.58 Å². The number of carboxylic acid groups (broad SMARTS) is 1. The Morgan fingerprint density at radius 3 is 2.57 bits per heavy atom. The quantitative estimate of drug-likeness (QED) is 0.204. The number of carbonyl (C=O) groups is 3. The second kappa shape index (κ2) is 11.5. The Labute approximate surface area is 245 Å². The SMILES string of the molecule is Cc1ccccc1Nc1nc2ccc(CC(=O)Nc3ccc(C4CN(C(=O)c5cccs5)CC4C(=O)O)cc3)cc2o1. The lowest BCUT2D eigenvalue weighted by atomic mass is 9.89. The van der Waals surface area contributed by atoms with Crippen molar-refractivity contribution in [1.82, 2.24) is 9.88 Å². The number of carboxylic acids is 1. The molecule has 10 heteroatoms. The molecular formula is C32H28N4O5S. The van der Waals surface area contributed by atoms with Crippen molar-refractivity contribution in [2.24, 2.45) is 5.92 Å². The molecule has 0 aliphatic carbocycles. The maximum absolute atomic E-state index is 12.8. The van der Waals surface area contributed by atoms with Crippen LogP contribution in [0.3, 0.4) is 0 Å². The van der Waals surface area contributed by atoms with Crippen molar-refractivity contribution in [1.29, 1.82) is 0 Å². The van der Waals surface area contributed by atoms with Crippen molar-refractivity contribution in [3.63, 3.8) is 0 Å². The summed E-state index contributed by atoms with van der Waals surface area (Å²) >= 11 is 1.34. The van der Waals surface area contributed by atoms with Crippen LogP contribution in [0.25, 0.3) is 11.1 Å². The summed E-state index contributed by atoms with van der Waals surface area (Å²) in [5.41, 5.74) is 5.44. The first-order valence-electron chi connectivity index (χ1n) is 13.5. The number of nitrogens with zero attached hydrogens (tertiary/aromatic N) is 2. The number of para-hydroxylation sites is 1. The highest BCUT2D eigenvalue weighted by molar-refractivity contribution is 7.12. The van der Waals surface area contributed by atoms with E-state index in [-0.39, 0.29) is 30.7 Å². The number of aromatic nitrogens is 1. The van der Waals surface area contributed by atoms with Gasteiger partial charge in [0, 0.05) is 30.4 Å². The van der Waals surface area contributed by atoms with Gasteiger partial charge in [-0.3, -0.25) is 14.4 Å². The average molecular weight is 581 g/mol. The molecular weight excluding hydrogens is 552 g/mol. The highest BCUT2D eigenvalue weighted by Gasteiger charge is 2.40. The van der Waals surface area contributed by atoms with E-state index in [9.17, 15) is 19.5 Å². The predicted molar refractivity (Wildman–Crippen MR) is 161 cm³/mol. The minimum Gasteiger partial charge on any atom is -0.481 e. The molecule has 5 aromatic rings. The lowest BCUT2D eigenvalue weighted by Gasteiger charge is -2.16. The van der Waals surface area contributed by atoms with Crippen LogP contribution in [-0.4, -0.2) is 45.9 Å². The third-order valence-electron chi connectivity index (χ3n) is 7.48. The van der Waals surface area contributed by atoms with Gasteiger partial charge in [0.25, 0.3) is 11.9 Å². The van der Waals surface area contributed by atoms with Crippen molar-refractivity contribution < 1.29 is 23.9 Å². The maximum Gasteiger partial charge on any atom is 0.308 e. The van der Waals surface area contributed by atoms with Gasteiger partial charge in [-0.15, -0.1) is 11.3 Å². The van der Waals surface area contributed by atoms with Crippen molar-refractivity contribution in [2.45, 2.75) is 19.3 Å². The zero-order valence-corrected chi connectivity index (χ0v) is 23.6. The molecule has 9 nitrogen and oxygen atoms in total. The molecule has 2 unspecified atom stereocenters. The van der Waals surface area contributed by atoms with Crippen LogP contribution in [-0.2, 0) is 16.0 Å². The number of oxazole rings is 1. The van der Waals surface area contributed by atoms with E-state index in [2.05, 4.69) is 15.6 Å². The number of thiophene rings is 1. The molecule has 6 rings (SSSR count). The Balaban J connectivity index is 1.09. The Morgan fingerprint density at radius 1 is 1.02 bits per heavy atom. The lowest BCUT2D eigenvalue weighted by Crippen LogP contribution is -2.29. The summed E-state index contributed by atoms with van der Waals surface area (Å²) in [7, 11) is 0. The molecule has 0 bridgehead atoms. The molecule has 0 saturated carbocycles. The number of aryl methyl sites for hydroxylation is 1. The summed E-state index contributed by atoms with van der Waals surface area (Å²) < 4.78 is 5.88. The molecule has 1 aliphatic rings. The standard InChI is InChI=1S/C32H28N4O5S/c1-19-5-2-3-6-25(19)34-32-35-26-13-8-20(15-27(26)41-32)16-29(37)33-22-11-9-21(10-12-22)23-17-36(18-24(23)31(39)40)30(38)28-7-4-14-42-28/h2-15,23-24H,16-18H2,1H3,(H,33,37)(H,34,35)(H,39,40). The van der Waals surface area contributed by atoms with Crippen LogP contribution in [0.4, 0.5) is 17.4 Å². The van der Waals surface area contributed by atoms with E-state index >= 15 is 0 Å². The van der Waals surface area contributed by atoms with Gasteiger partial charge in [0.05, 0.1) is 17.2 Å². The maximum atomic E-state index is 12.8. The second-order valence-corrected chi connectivity index (χ2v) is 11.3. The summed E-state index contributed by atoms with van der Waals surface area (Å²) in [6, 6.07) is 24.4. The molecule has 42 heavy (non-hydrogen) atoms. The summed E-state index contributed by atoms with van der Waals surface area (Å²) in [6.45, 7) is 2.49. The number of hydrogen-bond acceptors (Lipinski definition) is 7. The van der Waals surface area contributed by atoms with Crippen LogP contribution in [0.15, 0.2) is 88.7 Å². The van der Waals surface area contributed by atoms with E-state index < -0.39 is 11.9 Å². The molecule has 0 radical (unpaired) electrons.